The van der Waals surface area contributed by atoms with Crippen LogP contribution in [-0.2, 0) is 16.0 Å². The van der Waals surface area contributed by atoms with Crippen molar-refractivity contribution in [3.63, 3.8) is 0 Å². The van der Waals surface area contributed by atoms with Gasteiger partial charge in [-0.1, -0.05) is 30.3 Å². The van der Waals surface area contributed by atoms with E-state index in [1.807, 2.05) is 30.3 Å². The normalized spacial score (nSPS) is 17.7. The zero-order valence-corrected chi connectivity index (χ0v) is 12.0. The van der Waals surface area contributed by atoms with Crippen LogP contribution in [0.2, 0.25) is 0 Å². The molecular formula is C15H17N5O2. The Hall–Kier alpha value is -2.70. The van der Waals surface area contributed by atoms with Crippen molar-refractivity contribution >= 4 is 17.8 Å². The molecule has 1 aromatic carbocycles. The molecule has 22 heavy (non-hydrogen) atoms. The van der Waals surface area contributed by atoms with Crippen LogP contribution in [0.1, 0.15) is 12.0 Å². The molecule has 2 aromatic rings. The van der Waals surface area contributed by atoms with Gasteiger partial charge in [-0.3, -0.25) is 14.9 Å². The highest BCUT2D eigenvalue weighted by Crippen LogP contribution is 2.19. The van der Waals surface area contributed by atoms with Crippen LogP contribution in [0.4, 0.5) is 5.95 Å². The number of anilines is 1. The Labute approximate surface area is 127 Å². The quantitative estimate of drug-likeness (QED) is 0.855. The molecule has 1 atom stereocenters. The van der Waals surface area contributed by atoms with Crippen LogP contribution in [-0.4, -0.2) is 45.0 Å². The summed E-state index contributed by atoms with van der Waals surface area (Å²) in [4.78, 5) is 29.7. The van der Waals surface area contributed by atoms with Crippen LogP contribution < -0.4 is 5.32 Å². The van der Waals surface area contributed by atoms with E-state index in [2.05, 4.69) is 20.5 Å². The summed E-state index contributed by atoms with van der Waals surface area (Å²) in [6.07, 6.45) is 2.36. The number of benzene rings is 1. The predicted octanol–water partition coefficient (Wildman–Crippen LogP) is 0.834. The van der Waals surface area contributed by atoms with Gasteiger partial charge in [-0.2, -0.15) is 10.1 Å². The number of aromatic amines is 1. The second-order valence-electron chi connectivity index (χ2n) is 5.30. The Morgan fingerprint density at radius 1 is 1.36 bits per heavy atom. The van der Waals surface area contributed by atoms with E-state index in [0.717, 1.165) is 6.42 Å². The molecule has 0 radical (unpaired) electrons. The molecule has 1 saturated heterocycles. The number of H-pyrrole nitrogens is 1. The third kappa shape index (κ3) is 3.30. The van der Waals surface area contributed by atoms with E-state index in [-0.39, 0.29) is 24.2 Å². The molecule has 1 aromatic heterocycles. The molecule has 2 heterocycles. The van der Waals surface area contributed by atoms with Gasteiger partial charge in [0.05, 0.1) is 5.92 Å². The fraction of sp³-hybridized carbons (Fsp3) is 0.333. The molecule has 2 N–H and O–H groups in total. The van der Waals surface area contributed by atoms with Crippen molar-refractivity contribution in [3.05, 3.63) is 42.2 Å². The Morgan fingerprint density at radius 3 is 2.91 bits per heavy atom. The number of nitrogens with one attached hydrogen (secondary N) is 2. The van der Waals surface area contributed by atoms with Crippen molar-refractivity contribution in [2.24, 2.45) is 5.92 Å². The van der Waals surface area contributed by atoms with Crippen LogP contribution in [0.15, 0.2) is 36.7 Å². The molecular weight excluding hydrogens is 282 g/mol. The summed E-state index contributed by atoms with van der Waals surface area (Å²) >= 11 is 0. The second kappa shape index (κ2) is 6.38. The van der Waals surface area contributed by atoms with Gasteiger partial charge >= 0.3 is 0 Å². The van der Waals surface area contributed by atoms with Gasteiger partial charge in [0.1, 0.15) is 6.33 Å². The summed E-state index contributed by atoms with van der Waals surface area (Å²) in [5.41, 5.74) is 1.19. The van der Waals surface area contributed by atoms with Crippen molar-refractivity contribution in [1.29, 1.82) is 0 Å². The van der Waals surface area contributed by atoms with Crippen molar-refractivity contribution in [1.82, 2.24) is 20.1 Å². The second-order valence-corrected chi connectivity index (χ2v) is 5.30. The summed E-state index contributed by atoms with van der Waals surface area (Å²) in [6.45, 7) is 1.08. The number of nitrogens with zero attached hydrogens (tertiary/aromatic N) is 3. The number of hydrogen-bond acceptors (Lipinski definition) is 4. The first-order valence-corrected chi connectivity index (χ1v) is 7.20. The Bertz CT molecular complexity index is 641. The average Bonchev–Trinajstić information content (AvgIpc) is 3.16. The lowest BCUT2D eigenvalue weighted by Crippen LogP contribution is -2.30. The van der Waals surface area contributed by atoms with Crippen LogP contribution in [0, 0.1) is 5.92 Å². The molecule has 3 rings (SSSR count). The molecule has 2 amide bonds. The minimum atomic E-state index is -0.339. The zero-order chi connectivity index (χ0) is 15.4. The number of carbonyl (C=O) groups is 2. The molecule has 1 fully saturated rings. The fourth-order valence-corrected chi connectivity index (χ4v) is 2.56. The summed E-state index contributed by atoms with van der Waals surface area (Å²) in [5.74, 6) is -0.213. The van der Waals surface area contributed by atoms with Gasteiger partial charge < -0.3 is 4.90 Å². The molecule has 0 unspecified atom stereocenters. The van der Waals surface area contributed by atoms with Crippen molar-refractivity contribution in [2.75, 3.05) is 18.4 Å². The SMILES string of the molecule is O=C(Nc1ncn[nH]1)[C@@H]1CC(=O)N(CCc2ccccc2)C1. The van der Waals surface area contributed by atoms with Crippen LogP contribution in [0.25, 0.3) is 0 Å². The van der Waals surface area contributed by atoms with Gasteiger partial charge in [0, 0.05) is 19.5 Å². The van der Waals surface area contributed by atoms with Gasteiger partial charge in [0.15, 0.2) is 0 Å². The number of hydrogen-bond donors (Lipinski definition) is 2. The highest BCUT2D eigenvalue weighted by Gasteiger charge is 2.34. The van der Waals surface area contributed by atoms with Gasteiger partial charge in [-0.05, 0) is 12.0 Å². The topological polar surface area (TPSA) is 91.0 Å². The molecule has 0 spiro atoms. The van der Waals surface area contributed by atoms with E-state index in [0.29, 0.717) is 19.0 Å². The van der Waals surface area contributed by atoms with E-state index < -0.39 is 0 Å². The molecule has 7 nitrogen and oxygen atoms in total. The van der Waals surface area contributed by atoms with Crippen LogP contribution >= 0.6 is 0 Å². The Balaban J connectivity index is 1.53. The number of amides is 2. The first kappa shape index (κ1) is 14.2. The van der Waals surface area contributed by atoms with Gasteiger partial charge in [-0.15, -0.1) is 0 Å². The maximum atomic E-state index is 12.1. The van der Waals surface area contributed by atoms with Crippen LogP contribution in [0.5, 0.6) is 0 Å². The van der Waals surface area contributed by atoms with E-state index in [1.54, 1.807) is 4.90 Å². The van der Waals surface area contributed by atoms with Gasteiger partial charge in [-0.25, -0.2) is 5.10 Å². The highest BCUT2D eigenvalue weighted by atomic mass is 16.2. The Morgan fingerprint density at radius 2 is 2.18 bits per heavy atom. The summed E-state index contributed by atoms with van der Waals surface area (Å²) in [6, 6.07) is 10.0. The number of likely N-dealkylation sites (tertiary alicyclic amines) is 1. The molecule has 1 aliphatic heterocycles. The number of carbonyl (C=O) groups excluding carboxylic acids is 2. The summed E-state index contributed by atoms with van der Waals surface area (Å²) in [7, 11) is 0. The molecule has 7 heteroatoms. The van der Waals surface area contributed by atoms with E-state index in [1.165, 1.54) is 11.9 Å². The number of aromatic nitrogens is 3. The lowest BCUT2D eigenvalue weighted by Gasteiger charge is -2.16. The summed E-state index contributed by atoms with van der Waals surface area (Å²) in [5, 5.41) is 8.87. The first-order chi connectivity index (χ1) is 10.7. The predicted molar refractivity (Wildman–Crippen MR) is 79.8 cm³/mol. The van der Waals surface area contributed by atoms with Crippen molar-refractivity contribution in [2.45, 2.75) is 12.8 Å². The third-order valence-electron chi connectivity index (χ3n) is 3.76. The first-order valence-electron chi connectivity index (χ1n) is 7.20. The molecule has 0 bridgehead atoms. The van der Waals surface area contributed by atoms with E-state index >= 15 is 0 Å². The van der Waals surface area contributed by atoms with Gasteiger partial charge in [0.2, 0.25) is 17.8 Å². The lowest BCUT2D eigenvalue weighted by atomic mass is 10.1. The minimum Gasteiger partial charge on any atom is -0.342 e. The average molecular weight is 299 g/mol. The zero-order valence-electron chi connectivity index (χ0n) is 12.0. The molecule has 0 aliphatic carbocycles. The lowest BCUT2D eigenvalue weighted by molar-refractivity contribution is -0.128. The van der Waals surface area contributed by atoms with Crippen molar-refractivity contribution < 1.29 is 9.59 Å². The van der Waals surface area contributed by atoms with Gasteiger partial charge in [0.25, 0.3) is 0 Å². The maximum absolute atomic E-state index is 12.1. The number of rotatable bonds is 5. The van der Waals surface area contributed by atoms with E-state index in [4.69, 9.17) is 0 Å². The third-order valence-corrected chi connectivity index (χ3v) is 3.76. The molecule has 1 aliphatic rings. The highest BCUT2D eigenvalue weighted by molar-refractivity contribution is 5.96. The minimum absolute atomic E-state index is 0.0219. The maximum Gasteiger partial charge on any atom is 0.232 e. The molecule has 0 saturated carbocycles. The standard InChI is InChI=1S/C15H17N5O2/c21-13-8-12(14(22)18-15-16-10-17-19-15)9-20(13)7-6-11-4-2-1-3-5-11/h1-5,10,12H,6-9H2,(H2,16,17,18,19,22)/t12-/m1/s1. The van der Waals surface area contributed by atoms with E-state index in [9.17, 15) is 9.59 Å². The summed E-state index contributed by atoms with van der Waals surface area (Å²) < 4.78 is 0. The monoisotopic (exact) mass is 299 g/mol. The Kier molecular flexibility index (Phi) is 4.13. The molecule has 114 valence electrons. The van der Waals surface area contributed by atoms with Crippen molar-refractivity contribution in [3.8, 4) is 0 Å². The largest absolute Gasteiger partial charge is 0.342 e. The van der Waals surface area contributed by atoms with Crippen LogP contribution in [0.3, 0.4) is 0 Å². The fourth-order valence-electron chi connectivity index (χ4n) is 2.56. The smallest absolute Gasteiger partial charge is 0.232 e.